The van der Waals surface area contributed by atoms with Crippen molar-refractivity contribution in [3.8, 4) is 0 Å². The van der Waals surface area contributed by atoms with Crippen molar-refractivity contribution in [3.05, 3.63) is 63.5 Å². The van der Waals surface area contributed by atoms with Crippen molar-refractivity contribution in [2.75, 3.05) is 36.5 Å². The molecule has 8 nitrogen and oxygen atoms in total. The lowest BCUT2D eigenvalue weighted by molar-refractivity contribution is 0.122. The van der Waals surface area contributed by atoms with E-state index in [9.17, 15) is 4.79 Å². The molecule has 0 saturated carbocycles. The molecule has 0 unspecified atom stereocenters. The van der Waals surface area contributed by atoms with Crippen molar-refractivity contribution in [2.24, 2.45) is 12.8 Å². The number of ether oxygens (including phenoxy) is 1. The lowest BCUT2D eigenvalue weighted by Crippen LogP contribution is -2.36. The highest BCUT2D eigenvalue weighted by atomic mass is 35.5. The van der Waals surface area contributed by atoms with Gasteiger partial charge in [0.1, 0.15) is 0 Å². The summed E-state index contributed by atoms with van der Waals surface area (Å²) in [6.07, 6.45) is 2.43. The van der Waals surface area contributed by atoms with E-state index in [1.165, 1.54) is 10.8 Å². The van der Waals surface area contributed by atoms with E-state index in [2.05, 4.69) is 15.2 Å². The zero-order chi connectivity index (χ0) is 22.0. The van der Waals surface area contributed by atoms with Crippen molar-refractivity contribution < 1.29 is 4.74 Å². The van der Waals surface area contributed by atoms with E-state index in [1.54, 1.807) is 19.2 Å². The topological polar surface area (TPSA) is 109 Å². The molecule has 2 heterocycles. The second-order valence-corrected chi connectivity index (χ2v) is 7.59. The van der Waals surface area contributed by atoms with Gasteiger partial charge in [0.2, 0.25) is 0 Å². The van der Waals surface area contributed by atoms with Crippen LogP contribution in [0.15, 0.2) is 47.4 Å². The van der Waals surface area contributed by atoms with Crippen LogP contribution in [-0.2, 0) is 11.8 Å². The minimum atomic E-state index is -0.272. The quantitative estimate of drug-likeness (QED) is 0.528. The van der Waals surface area contributed by atoms with Crippen LogP contribution in [0.25, 0.3) is 16.6 Å². The molecular weight excluding hydrogens is 416 g/mol. The number of hydrogen-bond donors (Lipinski definition) is 3. The van der Waals surface area contributed by atoms with Gasteiger partial charge in [0.25, 0.3) is 5.56 Å². The van der Waals surface area contributed by atoms with E-state index in [4.69, 9.17) is 27.5 Å². The van der Waals surface area contributed by atoms with Crippen LogP contribution in [0, 0.1) is 5.41 Å². The van der Waals surface area contributed by atoms with Crippen LogP contribution in [0.4, 0.5) is 17.2 Å². The maximum absolute atomic E-state index is 12.9. The highest BCUT2D eigenvalue weighted by Crippen LogP contribution is 2.28. The lowest BCUT2D eigenvalue weighted by atomic mass is 10.1. The average molecular weight is 439 g/mol. The molecule has 9 heteroatoms. The number of allylic oxidation sites excluding steroid dienone is 1. The molecule has 3 aromatic rings. The molecule has 1 fully saturated rings. The summed E-state index contributed by atoms with van der Waals surface area (Å²) >= 11 is 6.39. The van der Waals surface area contributed by atoms with Crippen LogP contribution < -0.4 is 21.5 Å². The van der Waals surface area contributed by atoms with Crippen molar-refractivity contribution in [3.63, 3.8) is 0 Å². The summed E-state index contributed by atoms with van der Waals surface area (Å²) in [5, 5.41) is 11.0. The third-order valence-electron chi connectivity index (χ3n) is 5.32. The number of nitrogens with two attached hydrogens (primary N) is 1. The minimum Gasteiger partial charge on any atom is -0.404 e. The zero-order valence-corrected chi connectivity index (χ0v) is 17.8. The molecule has 0 bridgehead atoms. The van der Waals surface area contributed by atoms with Gasteiger partial charge in [-0.25, -0.2) is 4.98 Å². The first-order chi connectivity index (χ1) is 15.0. The van der Waals surface area contributed by atoms with Crippen molar-refractivity contribution >= 4 is 51.6 Å². The Bertz CT molecular complexity index is 1210. The second kappa shape index (κ2) is 8.79. The Morgan fingerprint density at radius 2 is 1.97 bits per heavy atom. The molecule has 0 aliphatic carbocycles. The molecule has 2 aromatic carbocycles. The standard InChI is InChI=1S/C22H23ClN6O2/c1-28-20-10-17(14(12-24)13-25)18(23)11-19(20)27-21(22(28)30)26-15-2-4-16(5-3-15)29-6-8-31-9-7-29/h2-5,10-13,24H,6-9,25H2,1H3,(H,26,27)/b14-13+,24-12?. The number of fused-ring (bicyclic) bond motifs is 1. The van der Waals surface area contributed by atoms with Crippen molar-refractivity contribution in [1.82, 2.24) is 9.55 Å². The fraction of sp³-hybridized carbons (Fsp3) is 0.227. The van der Waals surface area contributed by atoms with Gasteiger partial charge in [0.05, 0.1) is 29.3 Å². The van der Waals surface area contributed by atoms with Crippen LogP contribution in [0.5, 0.6) is 0 Å². The highest BCUT2D eigenvalue weighted by molar-refractivity contribution is 6.34. The SMILES string of the molecule is Cn1c(=O)c(Nc2ccc(N3CCOCC3)cc2)nc2cc(Cl)c(/C(C=N)=C/N)cc21. The van der Waals surface area contributed by atoms with E-state index in [0.29, 0.717) is 27.2 Å². The first-order valence-electron chi connectivity index (χ1n) is 9.84. The van der Waals surface area contributed by atoms with E-state index >= 15 is 0 Å². The molecule has 4 N–H and O–H groups in total. The first kappa shape index (κ1) is 20.9. The molecule has 0 amide bonds. The maximum Gasteiger partial charge on any atom is 0.293 e. The van der Waals surface area contributed by atoms with Crippen LogP contribution in [0.1, 0.15) is 5.56 Å². The Kier molecular flexibility index (Phi) is 5.92. The second-order valence-electron chi connectivity index (χ2n) is 7.18. The Balaban J connectivity index is 1.67. The van der Waals surface area contributed by atoms with Crippen LogP contribution in [-0.4, -0.2) is 42.1 Å². The summed E-state index contributed by atoms with van der Waals surface area (Å²) < 4.78 is 6.90. The van der Waals surface area contributed by atoms with Crippen LogP contribution >= 0.6 is 11.6 Å². The van der Waals surface area contributed by atoms with Crippen molar-refractivity contribution in [2.45, 2.75) is 0 Å². The van der Waals surface area contributed by atoms with E-state index in [0.717, 1.165) is 43.9 Å². The average Bonchev–Trinajstić information content (AvgIpc) is 2.80. The fourth-order valence-electron chi connectivity index (χ4n) is 3.58. The molecule has 0 radical (unpaired) electrons. The highest BCUT2D eigenvalue weighted by Gasteiger charge is 2.14. The number of halogens is 1. The smallest absolute Gasteiger partial charge is 0.293 e. The Morgan fingerprint density at radius 3 is 2.61 bits per heavy atom. The zero-order valence-electron chi connectivity index (χ0n) is 17.1. The number of morpholine rings is 1. The normalized spacial score (nSPS) is 14.6. The molecule has 1 saturated heterocycles. The Hall–Kier alpha value is -3.36. The molecule has 160 valence electrons. The Morgan fingerprint density at radius 1 is 1.26 bits per heavy atom. The van der Waals surface area contributed by atoms with E-state index in [1.807, 2.05) is 24.3 Å². The predicted octanol–water partition coefficient (Wildman–Crippen LogP) is 3.12. The maximum atomic E-state index is 12.9. The monoisotopic (exact) mass is 438 g/mol. The number of aryl methyl sites for hydroxylation is 1. The molecule has 1 aliphatic heterocycles. The summed E-state index contributed by atoms with van der Waals surface area (Å²) in [6.45, 7) is 3.18. The van der Waals surface area contributed by atoms with Crippen LogP contribution in [0.2, 0.25) is 5.02 Å². The number of hydrogen-bond acceptors (Lipinski definition) is 7. The molecule has 0 atom stereocenters. The number of aromatic nitrogens is 2. The van der Waals surface area contributed by atoms with Gasteiger partial charge < -0.3 is 30.7 Å². The number of rotatable bonds is 5. The largest absolute Gasteiger partial charge is 0.404 e. The fourth-order valence-corrected chi connectivity index (χ4v) is 3.85. The van der Waals surface area contributed by atoms with Gasteiger partial charge in [-0.2, -0.15) is 0 Å². The number of benzene rings is 2. The van der Waals surface area contributed by atoms with Gasteiger partial charge in [-0.05, 0) is 36.4 Å². The van der Waals surface area contributed by atoms with Gasteiger partial charge in [-0.3, -0.25) is 4.79 Å². The molecule has 0 spiro atoms. The molecular formula is C22H23ClN6O2. The molecule has 31 heavy (non-hydrogen) atoms. The molecule has 1 aromatic heterocycles. The summed E-state index contributed by atoms with van der Waals surface area (Å²) in [5.74, 6) is 0.208. The van der Waals surface area contributed by atoms with E-state index < -0.39 is 0 Å². The van der Waals surface area contributed by atoms with Crippen molar-refractivity contribution in [1.29, 1.82) is 5.41 Å². The van der Waals surface area contributed by atoms with Gasteiger partial charge in [0.15, 0.2) is 5.82 Å². The lowest BCUT2D eigenvalue weighted by Gasteiger charge is -2.28. The third-order valence-corrected chi connectivity index (χ3v) is 5.63. The third kappa shape index (κ3) is 4.12. The van der Waals surface area contributed by atoms with Gasteiger partial charge in [0, 0.05) is 55.1 Å². The molecule has 1 aliphatic rings. The minimum absolute atomic E-state index is 0.208. The number of anilines is 3. The Labute approximate surface area is 184 Å². The first-order valence-corrected chi connectivity index (χ1v) is 10.2. The van der Waals surface area contributed by atoms with Crippen LogP contribution in [0.3, 0.4) is 0 Å². The number of nitrogens with one attached hydrogen (secondary N) is 2. The van der Waals surface area contributed by atoms with Gasteiger partial charge >= 0.3 is 0 Å². The summed E-state index contributed by atoms with van der Waals surface area (Å²) in [5.41, 5.74) is 9.38. The van der Waals surface area contributed by atoms with Gasteiger partial charge in [-0.1, -0.05) is 11.6 Å². The number of nitrogens with zero attached hydrogens (tertiary/aromatic N) is 3. The summed E-state index contributed by atoms with van der Waals surface area (Å²) in [4.78, 5) is 19.7. The van der Waals surface area contributed by atoms with E-state index in [-0.39, 0.29) is 11.4 Å². The summed E-state index contributed by atoms with van der Waals surface area (Å²) in [6, 6.07) is 11.3. The summed E-state index contributed by atoms with van der Waals surface area (Å²) in [7, 11) is 1.67. The molecule has 4 rings (SSSR count). The predicted molar refractivity (Wildman–Crippen MR) is 126 cm³/mol. The van der Waals surface area contributed by atoms with Gasteiger partial charge in [-0.15, -0.1) is 0 Å².